The summed E-state index contributed by atoms with van der Waals surface area (Å²) in [5, 5.41) is 14.0. The molecule has 0 unspecified atom stereocenters. The minimum Gasteiger partial charge on any atom is -0.506 e. The standard InChI is InChI=1S/C24H18ClF3N4O6S/c1-13-7-16(32-23(35)30-21(34)11-29-32)9-18(25)22(13)38-17-5-6-20(33)19(10-17)31-39(36,37)12-14-3-2-4-15(8-14)24(26,27)28/h2-11,31,33H,12H2,1H3,(H,30,34,35). The maximum atomic E-state index is 13.0. The molecular weight excluding hydrogens is 565 g/mol. The lowest BCUT2D eigenvalue weighted by atomic mass is 10.1. The zero-order chi connectivity index (χ0) is 28.5. The summed E-state index contributed by atoms with van der Waals surface area (Å²) >= 11 is 6.35. The van der Waals surface area contributed by atoms with Gasteiger partial charge in [0.1, 0.15) is 23.4 Å². The van der Waals surface area contributed by atoms with Crippen molar-refractivity contribution in [2.45, 2.75) is 18.9 Å². The SMILES string of the molecule is Cc1cc(-n2ncc(=O)[nH]c2=O)cc(Cl)c1Oc1ccc(O)c(NS(=O)(=O)Cc2cccc(C(F)(F)F)c2)c1. The number of aryl methyl sites for hydroxylation is 1. The zero-order valence-corrected chi connectivity index (χ0v) is 21.4. The number of hydrogen-bond acceptors (Lipinski definition) is 7. The monoisotopic (exact) mass is 582 g/mol. The molecule has 0 saturated carbocycles. The average Bonchev–Trinajstić information content (AvgIpc) is 2.82. The average molecular weight is 583 g/mol. The third-order valence-corrected chi connectivity index (χ3v) is 6.76. The molecule has 0 aliphatic heterocycles. The molecule has 3 N–H and O–H groups in total. The second kappa shape index (κ2) is 10.5. The van der Waals surface area contributed by atoms with Crippen LogP contribution in [0, 0.1) is 6.92 Å². The Morgan fingerprint density at radius 2 is 1.87 bits per heavy atom. The van der Waals surface area contributed by atoms with Crippen LogP contribution in [0.5, 0.6) is 17.2 Å². The van der Waals surface area contributed by atoms with Crippen LogP contribution in [0.1, 0.15) is 16.7 Å². The predicted molar refractivity (Wildman–Crippen MR) is 136 cm³/mol. The summed E-state index contributed by atoms with van der Waals surface area (Å²) in [4.78, 5) is 25.4. The molecule has 0 spiro atoms. The summed E-state index contributed by atoms with van der Waals surface area (Å²) in [6, 6.07) is 10.4. The third-order valence-electron chi connectivity index (χ3n) is 5.24. The Kier molecular flexibility index (Phi) is 7.44. The van der Waals surface area contributed by atoms with Crippen molar-refractivity contribution in [1.29, 1.82) is 0 Å². The molecule has 204 valence electrons. The number of anilines is 1. The van der Waals surface area contributed by atoms with Crippen molar-refractivity contribution in [3.63, 3.8) is 0 Å². The molecule has 0 aliphatic rings. The van der Waals surface area contributed by atoms with Crippen molar-refractivity contribution in [2.75, 3.05) is 4.72 Å². The van der Waals surface area contributed by atoms with Crippen LogP contribution in [0.15, 0.2) is 70.4 Å². The van der Waals surface area contributed by atoms with Gasteiger partial charge in [0.25, 0.3) is 5.56 Å². The molecule has 0 radical (unpaired) electrons. The fourth-order valence-corrected chi connectivity index (χ4v) is 5.03. The van der Waals surface area contributed by atoms with Gasteiger partial charge in [-0.05, 0) is 48.4 Å². The van der Waals surface area contributed by atoms with Crippen LogP contribution in [0.3, 0.4) is 0 Å². The molecule has 4 rings (SSSR count). The minimum absolute atomic E-state index is 0.0460. The van der Waals surface area contributed by atoms with Crippen molar-refractivity contribution in [3.8, 4) is 22.9 Å². The van der Waals surface area contributed by atoms with Crippen LogP contribution in [0.4, 0.5) is 18.9 Å². The Hall–Kier alpha value is -4.30. The first-order valence-electron chi connectivity index (χ1n) is 10.9. The van der Waals surface area contributed by atoms with E-state index in [1.54, 1.807) is 6.92 Å². The first-order valence-corrected chi connectivity index (χ1v) is 12.9. The van der Waals surface area contributed by atoms with Gasteiger partial charge in [-0.2, -0.15) is 23.0 Å². The normalized spacial score (nSPS) is 11.8. The van der Waals surface area contributed by atoms with E-state index >= 15 is 0 Å². The van der Waals surface area contributed by atoms with Gasteiger partial charge in [-0.25, -0.2) is 13.2 Å². The lowest BCUT2D eigenvalue weighted by Crippen LogP contribution is -2.30. The Morgan fingerprint density at radius 1 is 1.13 bits per heavy atom. The van der Waals surface area contributed by atoms with Crippen LogP contribution in [-0.2, 0) is 22.0 Å². The van der Waals surface area contributed by atoms with Gasteiger partial charge < -0.3 is 9.84 Å². The molecule has 0 saturated heterocycles. The number of aromatic hydroxyl groups is 1. The summed E-state index contributed by atoms with van der Waals surface area (Å²) < 4.78 is 73.1. The predicted octanol–water partition coefficient (Wildman–Crippen LogP) is 4.34. The lowest BCUT2D eigenvalue weighted by Gasteiger charge is -2.15. The van der Waals surface area contributed by atoms with Crippen LogP contribution >= 0.6 is 11.6 Å². The van der Waals surface area contributed by atoms with Gasteiger partial charge in [0.2, 0.25) is 10.0 Å². The molecule has 15 heteroatoms. The molecule has 3 aromatic carbocycles. The molecule has 4 aromatic rings. The van der Waals surface area contributed by atoms with E-state index < -0.39 is 44.5 Å². The second-order valence-electron chi connectivity index (χ2n) is 8.26. The summed E-state index contributed by atoms with van der Waals surface area (Å²) in [7, 11) is -4.25. The largest absolute Gasteiger partial charge is 0.506 e. The highest BCUT2D eigenvalue weighted by molar-refractivity contribution is 7.91. The molecule has 39 heavy (non-hydrogen) atoms. The number of hydrogen-bond donors (Lipinski definition) is 3. The fourth-order valence-electron chi connectivity index (χ4n) is 3.54. The Labute approximate surface area is 223 Å². The quantitative estimate of drug-likeness (QED) is 0.275. The zero-order valence-electron chi connectivity index (χ0n) is 19.8. The third kappa shape index (κ3) is 6.59. The van der Waals surface area contributed by atoms with Crippen LogP contribution in [0.2, 0.25) is 5.02 Å². The number of sulfonamides is 1. The Balaban J connectivity index is 1.57. The molecule has 0 amide bonds. The van der Waals surface area contributed by atoms with Gasteiger partial charge in [0.05, 0.1) is 27.7 Å². The maximum Gasteiger partial charge on any atom is 0.416 e. The van der Waals surface area contributed by atoms with E-state index in [9.17, 15) is 36.3 Å². The molecule has 0 fully saturated rings. The molecule has 1 heterocycles. The van der Waals surface area contributed by atoms with Crippen LogP contribution < -0.4 is 20.7 Å². The van der Waals surface area contributed by atoms with Crippen LogP contribution in [0.25, 0.3) is 5.69 Å². The van der Waals surface area contributed by atoms with E-state index in [0.29, 0.717) is 5.56 Å². The molecule has 0 aliphatic carbocycles. The van der Waals surface area contributed by atoms with Gasteiger partial charge in [-0.3, -0.25) is 14.5 Å². The summed E-state index contributed by atoms with van der Waals surface area (Å²) in [6.45, 7) is 1.61. The first kappa shape index (κ1) is 27.7. The number of aromatic amines is 1. The number of ether oxygens (including phenoxy) is 1. The highest BCUT2D eigenvalue weighted by Crippen LogP contribution is 2.37. The smallest absolute Gasteiger partial charge is 0.416 e. The number of H-pyrrole nitrogens is 1. The Morgan fingerprint density at radius 3 is 2.54 bits per heavy atom. The molecule has 0 atom stereocenters. The van der Waals surface area contributed by atoms with Crippen molar-refractivity contribution in [1.82, 2.24) is 14.8 Å². The number of halogens is 4. The van der Waals surface area contributed by atoms with Crippen molar-refractivity contribution in [3.05, 3.63) is 103 Å². The summed E-state index contributed by atoms with van der Waals surface area (Å²) in [6.07, 6.45) is -3.72. The molecule has 0 bridgehead atoms. The second-order valence-corrected chi connectivity index (χ2v) is 10.4. The van der Waals surface area contributed by atoms with Gasteiger partial charge in [0, 0.05) is 6.07 Å². The number of nitrogens with one attached hydrogen (secondary N) is 2. The number of alkyl halides is 3. The summed E-state index contributed by atoms with van der Waals surface area (Å²) in [5.41, 5.74) is -2.17. The number of phenolic OH excluding ortho intramolecular Hbond substituents is 1. The highest BCUT2D eigenvalue weighted by atomic mass is 35.5. The van der Waals surface area contributed by atoms with Crippen molar-refractivity contribution in [2.24, 2.45) is 0 Å². The molecular formula is C24H18ClF3N4O6S. The van der Waals surface area contributed by atoms with Gasteiger partial charge in [-0.15, -0.1) is 0 Å². The van der Waals surface area contributed by atoms with E-state index in [2.05, 4.69) is 14.8 Å². The summed E-state index contributed by atoms with van der Waals surface area (Å²) in [5.74, 6) is -1.05. The minimum atomic E-state index is -4.64. The van der Waals surface area contributed by atoms with E-state index in [4.69, 9.17) is 16.3 Å². The number of benzene rings is 3. The number of phenols is 1. The number of aromatic nitrogens is 3. The number of nitrogens with zero attached hydrogens (tertiary/aromatic N) is 2. The molecule has 1 aromatic heterocycles. The van der Waals surface area contributed by atoms with Crippen molar-refractivity contribution < 1.29 is 31.4 Å². The van der Waals surface area contributed by atoms with Gasteiger partial charge >= 0.3 is 11.9 Å². The van der Waals surface area contributed by atoms with E-state index in [0.717, 1.165) is 41.2 Å². The molecule has 10 nitrogen and oxygen atoms in total. The van der Waals surface area contributed by atoms with Crippen molar-refractivity contribution >= 4 is 27.3 Å². The van der Waals surface area contributed by atoms with Crippen LogP contribution in [-0.4, -0.2) is 28.3 Å². The fraction of sp³-hybridized carbons (Fsp3) is 0.125. The maximum absolute atomic E-state index is 13.0. The lowest BCUT2D eigenvalue weighted by molar-refractivity contribution is -0.137. The Bertz CT molecular complexity index is 1760. The first-order chi connectivity index (χ1) is 18.2. The number of rotatable bonds is 7. The highest BCUT2D eigenvalue weighted by Gasteiger charge is 2.30. The van der Waals surface area contributed by atoms with E-state index in [1.165, 1.54) is 24.3 Å². The van der Waals surface area contributed by atoms with Gasteiger partial charge in [-0.1, -0.05) is 29.8 Å². The van der Waals surface area contributed by atoms with E-state index in [-0.39, 0.29) is 33.5 Å². The van der Waals surface area contributed by atoms with E-state index in [1.807, 2.05) is 0 Å². The topological polar surface area (TPSA) is 143 Å². The van der Waals surface area contributed by atoms with Gasteiger partial charge in [0.15, 0.2) is 0 Å².